The highest BCUT2D eigenvalue weighted by Crippen LogP contribution is 2.38. The van der Waals surface area contributed by atoms with E-state index in [0.29, 0.717) is 6.54 Å². The van der Waals surface area contributed by atoms with E-state index >= 15 is 0 Å². The van der Waals surface area contributed by atoms with Gasteiger partial charge in [-0.3, -0.25) is 0 Å². The third-order valence-corrected chi connectivity index (χ3v) is 6.98. The van der Waals surface area contributed by atoms with E-state index in [1.807, 2.05) is 0 Å². The predicted molar refractivity (Wildman–Crippen MR) is 88.9 cm³/mol. The summed E-state index contributed by atoms with van der Waals surface area (Å²) in [6.07, 6.45) is 2.42. The van der Waals surface area contributed by atoms with E-state index < -0.39 is 15.5 Å². The van der Waals surface area contributed by atoms with Crippen molar-refractivity contribution >= 4 is 34.2 Å². The van der Waals surface area contributed by atoms with Crippen LogP contribution in [0.5, 0.6) is 0 Å². The minimum atomic E-state index is -4.38. The lowest BCUT2D eigenvalue weighted by molar-refractivity contribution is -0.0328. The average molecular weight is 403 g/mol. The molecule has 10 heteroatoms. The first-order valence-electron chi connectivity index (χ1n) is 7.37. The number of nitrogens with zero attached hydrogens (tertiary/aromatic N) is 1. The van der Waals surface area contributed by atoms with Crippen molar-refractivity contribution < 1.29 is 21.6 Å². The molecule has 24 heavy (non-hydrogen) atoms. The van der Waals surface area contributed by atoms with Gasteiger partial charge in [0.15, 0.2) is 0 Å². The van der Waals surface area contributed by atoms with Gasteiger partial charge in [-0.15, -0.1) is 12.4 Å². The van der Waals surface area contributed by atoms with Crippen LogP contribution in [-0.2, 0) is 10.0 Å². The topological polar surface area (TPSA) is 49.4 Å². The zero-order valence-electron chi connectivity index (χ0n) is 12.6. The second kappa shape index (κ2) is 7.41. The molecule has 0 radical (unpaired) electrons. The first-order chi connectivity index (χ1) is 10.8. The van der Waals surface area contributed by atoms with E-state index in [1.54, 1.807) is 4.31 Å². The summed E-state index contributed by atoms with van der Waals surface area (Å²) in [5.74, 6) is 0. The number of halogens is 4. The molecule has 2 atom stereocenters. The Morgan fingerprint density at radius 3 is 2.33 bits per heavy atom. The average Bonchev–Trinajstić information content (AvgIpc) is 2.71. The second-order valence-electron chi connectivity index (χ2n) is 5.73. The fourth-order valence-electron chi connectivity index (χ4n) is 3.27. The van der Waals surface area contributed by atoms with Gasteiger partial charge in [0, 0.05) is 23.5 Å². The Hall–Kier alpha value is -0.480. The maximum atomic E-state index is 12.9. The van der Waals surface area contributed by atoms with Gasteiger partial charge in [0.1, 0.15) is 0 Å². The highest BCUT2D eigenvalue weighted by atomic mass is 35.5. The molecule has 2 heterocycles. The Morgan fingerprint density at radius 2 is 1.71 bits per heavy atom. The number of hydrogen-bond acceptors (Lipinski definition) is 4. The monoisotopic (exact) mass is 402 g/mol. The van der Waals surface area contributed by atoms with Gasteiger partial charge in [0.2, 0.25) is 10.0 Å². The van der Waals surface area contributed by atoms with Gasteiger partial charge in [-0.25, -0.2) is 8.42 Å². The van der Waals surface area contributed by atoms with E-state index in [4.69, 9.17) is 0 Å². The zero-order chi connectivity index (χ0) is 16.7. The van der Waals surface area contributed by atoms with Crippen molar-refractivity contribution in [2.24, 2.45) is 0 Å². The Kier molecular flexibility index (Phi) is 6.12. The first-order valence-corrected chi connectivity index (χ1v) is 9.63. The van der Waals surface area contributed by atoms with Gasteiger partial charge in [0.25, 0.3) is 0 Å². The number of nitrogens with one attached hydrogen (secondary N) is 1. The van der Waals surface area contributed by atoms with Crippen LogP contribution in [0.15, 0.2) is 34.1 Å². The second-order valence-corrected chi connectivity index (χ2v) is 8.71. The molecule has 0 saturated carbocycles. The molecule has 3 rings (SSSR count). The Bertz CT molecular complexity index is 654. The summed E-state index contributed by atoms with van der Waals surface area (Å²) in [6, 6.07) is 4.86. The highest BCUT2D eigenvalue weighted by Gasteiger charge is 2.43. The molecule has 2 aliphatic rings. The summed E-state index contributed by atoms with van der Waals surface area (Å²) in [6.45, 7) is 1.41. The van der Waals surface area contributed by atoms with E-state index in [0.717, 1.165) is 25.8 Å². The largest absolute Gasteiger partial charge is 0.446 e. The number of fused-ring (bicyclic) bond motifs is 2. The van der Waals surface area contributed by atoms with Gasteiger partial charge in [0.05, 0.1) is 4.90 Å². The number of thioether (sulfide) groups is 1. The number of alkyl halides is 3. The van der Waals surface area contributed by atoms with Crippen molar-refractivity contribution in [1.82, 2.24) is 9.62 Å². The normalized spacial score (nSPS) is 25.1. The van der Waals surface area contributed by atoms with Crippen molar-refractivity contribution in [3.05, 3.63) is 24.3 Å². The molecule has 2 aliphatic heterocycles. The van der Waals surface area contributed by atoms with E-state index in [2.05, 4.69) is 5.32 Å². The van der Waals surface area contributed by atoms with Crippen LogP contribution in [0, 0.1) is 0 Å². The highest BCUT2D eigenvalue weighted by molar-refractivity contribution is 8.00. The summed E-state index contributed by atoms with van der Waals surface area (Å²) in [7, 11) is -3.68. The van der Waals surface area contributed by atoms with Crippen LogP contribution in [0.1, 0.15) is 19.3 Å². The zero-order valence-corrected chi connectivity index (χ0v) is 15.1. The molecule has 0 aromatic heterocycles. The molecule has 2 bridgehead atoms. The molecule has 2 fully saturated rings. The van der Waals surface area contributed by atoms with E-state index in [9.17, 15) is 21.6 Å². The molecule has 2 saturated heterocycles. The molecule has 1 aromatic carbocycles. The van der Waals surface area contributed by atoms with Gasteiger partial charge >= 0.3 is 5.51 Å². The first kappa shape index (κ1) is 19.8. The Balaban J connectivity index is 0.00000208. The van der Waals surface area contributed by atoms with Crippen LogP contribution in [0.25, 0.3) is 0 Å². The number of rotatable bonds is 3. The molecule has 1 N–H and O–H groups in total. The Morgan fingerprint density at radius 1 is 1.08 bits per heavy atom. The lowest BCUT2D eigenvalue weighted by atomic mass is 10.1. The maximum absolute atomic E-state index is 12.9. The van der Waals surface area contributed by atoms with E-state index in [-0.39, 0.29) is 46.0 Å². The molecule has 0 amide bonds. The van der Waals surface area contributed by atoms with Crippen LogP contribution in [0.4, 0.5) is 13.2 Å². The van der Waals surface area contributed by atoms with E-state index in [1.165, 1.54) is 24.3 Å². The lowest BCUT2D eigenvalue weighted by Crippen LogP contribution is -2.42. The molecular weight excluding hydrogens is 385 g/mol. The summed E-state index contributed by atoms with van der Waals surface area (Å²) < 4.78 is 64.3. The van der Waals surface area contributed by atoms with Crippen molar-refractivity contribution in [3.63, 3.8) is 0 Å². The van der Waals surface area contributed by atoms with Crippen LogP contribution in [-0.4, -0.2) is 43.4 Å². The number of hydrogen-bond donors (Lipinski definition) is 1. The standard InChI is InChI=1S/C14H17F3N2O2S2.ClH/c15-14(16,17)22-12-3-5-13(6-4-12)23(20,21)19-10-1-2-11(19)9-18-8-7-10;/h3-6,10-11,18H,1-2,7-9H2;1H. The van der Waals surface area contributed by atoms with Crippen LogP contribution in [0.3, 0.4) is 0 Å². The fourth-order valence-corrected chi connectivity index (χ4v) is 5.70. The predicted octanol–water partition coefficient (Wildman–Crippen LogP) is 3.24. The molecule has 4 nitrogen and oxygen atoms in total. The van der Waals surface area contributed by atoms with Gasteiger partial charge in [-0.05, 0) is 61.8 Å². The quantitative estimate of drug-likeness (QED) is 0.788. The van der Waals surface area contributed by atoms with Crippen molar-refractivity contribution in [2.75, 3.05) is 13.1 Å². The fraction of sp³-hybridized carbons (Fsp3) is 0.571. The summed E-state index contributed by atoms with van der Waals surface area (Å²) in [5, 5.41) is 3.23. The third-order valence-electron chi connectivity index (χ3n) is 4.22. The third kappa shape index (κ3) is 4.19. The van der Waals surface area contributed by atoms with Crippen LogP contribution in [0.2, 0.25) is 0 Å². The van der Waals surface area contributed by atoms with Gasteiger partial charge < -0.3 is 5.32 Å². The van der Waals surface area contributed by atoms with Crippen LogP contribution >= 0.6 is 24.2 Å². The van der Waals surface area contributed by atoms with Gasteiger partial charge in [-0.2, -0.15) is 17.5 Å². The molecule has 0 aliphatic carbocycles. The molecule has 2 unspecified atom stereocenters. The lowest BCUT2D eigenvalue weighted by Gasteiger charge is -2.26. The molecule has 136 valence electrons. The van der Waals surface area contributed by atoms with Crippen molar-refractivity contribution in [1.29, 1.82) is 0 Å². The van der Waals surface area contributed by atoms with Crippen molar-refractivity contribution in [3.8, 4) is 0 Å². The van der Waals surface area contributed by atoms with Gasteiger partial charge in [-0.1, -0.05) is 0 Å². The maximum Gasteiger partial charge on any atom is 0.446 e. The van der Waals surface area contributed by atoms with Crippen LogP contribution < -0.4 is 5.32 Å². The Labute approximate surface area is 149 Å². The summed E-state index contributed by atoms with van der Waals surface area (Å²) in [4.78, 5) is 0.0415. The molecular formula is C14H18ClF3N2O2S2. The van der Waals surface area contributed by atoms with Crippen molar-refractivity contribution in [2.45, 2.75) is 46.6 Å². The molecule has 1 aromatic rings. The summed E-state index contributed by atoms with van der Waals surface area (Å²) >= 11 is -0.246. The SMILES string of the molecule is Cl.O=S(=O)(c1ccc(SC(F)(F)F)cc1)N1C2CCNCC1CC2. The minimum absolute atomic E-state index is 0. The number of sulfonamides is 1. The summed E-state index contributed by atoms with van der Waals surface area (Å²) in [5.41, 5.74) is -4.38. The minimum Gasteiger partial charge on any atom is -0.315 e. The molecule has 0 spiro atoms. The number of benzene rings is 1. The smallest absolute Gasteiger partial charge is 0.315 e.